The molecule has 0 saturated heterocycles. The SMILES string of the molecule is Cc1c(C(=O)Nc2n[nH]c(-c3ccccn3)n2)oc2ccccc12.Cc1ccc(C(=O)Nc2cnc(-c3ccccn3)[nH]2)cc1S(C)(=O)=O.Cc1oc(-c2ccccc2)nc1C(=O)Nc1n[nH]c(-c2ccccn2)n1.O=C(CCn1ccc2ccccc21)Nc1n[nH]c(-c2ccccn2)n1.O=C(Nc1cnc(-c2ccccn2)[nH]1)c1ccn(-c2ccccc2)n1. The lowest BCUT2D eigenvalue weighted by Crippen LogP contribution is -2.15. The average Bonchev–Trinajstić information content (AvgIpc) is 1.58. The number of amides is 5. The quantitative estimate of drug-likeness (QED) is 0.0339. The molecule has 0 fully saturated rings. The summed E-state index contributed by atoms with van der Waals surface area (Å²) < 4.78 is 38.5. The van der Waals surface area contributed by atoms with E-state index >= 15 is 0 Å². The number of aromatic amines is 5. The van der Waals surface area contributed by atoms with Crippen molar-refractivity contribution in [2.24, 2.45) is 0 Å². The predicted octanol–water partition coefficient (Wildman–Crippen LogP) is 14.5. The van der Waals surface area contributed by atoms with Crippen LogP contribution in [0.3, 0.4) is 0 Å². The van der Waals surface area contributed by atoms with E-state index in [1.165, 1.54) is 12.3 Å². The van der Waals surface area contributed by atoms with Gasteiger partial charge in [-0.15, -0.1) is 15.3 Å². The zero-order valence-corrected chi connectivity index (χ0v) is 67.6. The third-order valence-electron chi connectivity index (χ3n) is 18.4. The number of hydrogen-bond acceptors (Lipinski definition) is 24. The summed E-state index contributed by atoms with van der Waals surface area (Å²) in [6.07, 6.45) is 16.5. The van der Waals surface area contributed by atoms with Crippen LogP contribution in [0, 0.1) is 20.8 Å². The average molecular weight is 1680 g/mol. The second-order valence-corrected chi connectivity index (χ2v) is 29.1. The van der Waals surface area contributed by atoms with Crippen molar-refractivity contribution in [2.75, 3.05) is 32.8 Å². The molecule has 0 aliphatic rings. The predicted molar refractivity (Wildman–Crippen MR) is 465 cm³/mol. The molecule has 5 amide bonds. The maximum atomic E-state index is 12.5. The van der Waals surface area contributed by atoms with Crippen LogP contribution in [-0.4, -0.2) is 154 Å². The van der Waals surface area contributed by atoms with Gasteiger partial charge in [0.2, 0.25) is 29.6 Å². The number of para-hydroxylation sites is 3. The minimum atomic E-state index is -3.40. The van der Waals surface area contributed by atoms with E-state index in [1.807, 2.05) is 183 Å². The van der Waals surface area contributed by atoms with Crippen LogP contribution in [0.25, 0.3) is 96.6 Å². The number of sulfone groups is 1. The van der Waals surface area contributed by atoms with Gasteiger partial charge in [-0.05, 0) is 153 Å². The number of furan rings is 1. The van der Waals surface area contributed by atoms with Crippen molar-refractivity contribution in [3.63, 3.8) is 0 Å². The Morgan fingerprint density at radius 3 is 1.49 bits per heavy atom. The molecule has 0 unspecified atom stereocenters. The highest BCUT2D eigenvalue weighted by atomic mass is 32.2. The normalized spacial score (nSPS) is 10.8. The van der Waals surface area contributed by atoms with Crippen molar-refractivity contribution >= 4 is 90.7 Å². The number of benzene rings is 5. The van der Waals surface area contributed by atoms with Gasteiger partial charge < -0.3 is 34.0 Å². The first kappa shape index (κ1) is 82.6. The number of nitrogens with zero attached hydrogens (tertiary/aromatic N) is 17. The van der Waals surface area contributed by atoms with E-state index < -0.39 is 27.6 Å². The van der Waals surface area contributed by atoms with Crippen molar-refractivity contribution in [2.45, 2.75) is 38.6 Å². The molecule has 19 rings (SSSR count). The summed E-state index contributed by atoms with van der Waals surface area (Å²) in [5.41, 5.74) is 8.91. The number of carbonyl (C=O) groups excluding carboxylic acids is 5. The lowest BCUT2D eigenvalue weighted by atomic mass is 10.1. The zero-order chi connectivity index (χ0) is 86.6. The molecule has 0 aliphatic heterocycles. The maximum Gasteiger partial charge on any atom is 0.294 e. The zero-order valence-electron chi connectivity index (χ0n) is 66.7. The molecule has 14 aromatic heterocycles. The van der Waals surface area contributed by atoms with E-state index in [9.17, 15) is 32.4 Å². The van der Waals surface area contributed by atoms with Crippen LogP contribution in [0.5, 0.6) is 0 Å². The maximum absolute atomic E-state index is 12.5. The van der Waals surface area contributed by atoms with Gasteiger partial charge >= 0.3 is 0 Å². The molecule has 620 valence electrons. The first-order valence-electron chi connectivity index (χ1n) is 38.3. The molecule has 0 saturated carbocycles. The highest BCUT2D eigenvalue weighted by molar-refractivity contribution is 7.90. The Bertz CT molecular complexity index is 7040. The standard InChI is InChI=1S/C18H14N6O2.C18H16N6O.C18H14N6O.C17H13N5O2.C17H16N4O3S/c1-11-14(20-17(26-11)12-7-3-2-4-8-12)16(25)22-18-21-15(23-24-18)13-9-5-6-10-19-13;25-16(9-12-24-11-8-13-5-1-2-7-15(13)24)20-18-21-17(22-23-18)14-6-3-4-10-19-14;25-18(15-9-11-24(23-15)13-6-2-1-3-7-13)22-16-12-20-17(21-16)14-8-4-5-10-19-14;1-10-11-6-2-3-8-13(11)24-14(10)16(23)20-17-19-15(21-22-17)12-7-4-5-9-18-12;1-11-6-7-12(9-14(11)25(2,23)24)17(22)21-15-10-19-16(20-15)13-5-3-4-8-18-13/h2-10H,1H3,(H2,21,22,23,24,25);1-8,10-11H,9,12H2,(H2,20,21,22,23,25);1-12H,(H,20,21)(H,22,25);2-9H,1H3,(H2,19,20,21,22,23);3-10H,1-2H3,(H,19,20)(H,21,22). The van der Waals surface area contributed by atoms with Gasteiger partial charge in [0.1, 0.15) is 51.4 Å². The fraction of sp³-hybridized carbons (Fsp3) is 0.0682. The third-order valence-corrected chi connectivity index (χ3v) is 19.6. The van der Waals surface area contributed by atoms with Gasteiger partial charge in [0.15, 0.2) is 56.1 Å². The number of aromatic nitrogens is 22. The molecule has 0 spiro atoms. The molecule has 0 bridgehead atoms. The molecule has 0 aliphatic carbocycles. The molecule has 125 heavy (non-hydrogen) atoms. The summed E-state index contributed by atoms with van der Waals surface area (Å²) in [5, 5.41) is 40.0. The van der Waals surface area contributed by atoms with Crippen molar-refractivity contribution in [3.8, 4) is 74.7 Å². The Kier molecular flexibility index (Phi) is 25.4. The van der Waals surface area contributed by atoms with E-state index in [2.05, 4.69) is 138 Å². The van der Waals surface area contributed by atoms with E-state index in [-0.39, 0.29) is 51.6 Å². The number of nitrogens with one attached hydrogen (secondary N) is 10. The number of H-pyrrole nitrogens is 5. The molecule has 10 N–H and O–H groups in total. The number of anilines is 5. The molecule has 5 aromatic carbocycles. The van der Waals surface area contributed by atoms with Gasteiger partial charge in [-0.1, -0.05) is 109 Å². The van der Waals surface area contributed by atoms with E-state index in [4.69, 9.17) is 8.83 Å². The summed E-state index contributed by atoms with van der Waals surface area (Å²) in [7, 11) is -3.40. The number of aryl methyl sites for hydroxylation is 4. The van der Waals surface area contributed by atoms with Crippen molar-refractivity contribution in [1.82, 2.24) is 110 Å². The van der Waals surface area contributed by atoms with Gasteiger partial charge in [-0.25, -0.2) is 28.1 Å². The van der Waals surface area contributed by atoms with Gasteiger partial charge in [0, 0.05) is 90.2 Å². The molecule has 36 nitrogen and oxygen atoms in total. The fourth-order valence-corrected chi connectivity index (χ4v) is 13.3. The van der Waals surface area contributed by atoms with Crippen LogP contribution in [-0.2, 0) is 21.2 Å². The number of rotatable bonds is 20. The smallest absolute Gasteiger partial charge is 0.294 e. The molecule has 14 heterocycles. The Balaban J connectivity index is 0.000000121. The van der Waals surface area contributed by atoms with Crippen LogP contribution < -0.4 is 26.6 Å². The van der Waals surface area contributed by atoms with Crippen molar-refractivity contribution in [3.05, 3.63) is 326 Å². The lowest BCUT2D eigenvalue weighted by Gasteiger charge is -2.07. The Hall–Kier alpha value is -17.5. The Labute approximate surface area is 710 Å². The number of pyridine rings is 5. The monoisotopic (exact) mass is 1680 g/mol. The molecule has 0 atom stereocenters. The van der Waals surface area contributed by atoms with Crippen LogP contribution in [0.1, 0.15) is 65.2 Å². The van der Waals surface area contributed by atoms with Gasteiger partial charge in [-0.2, -0.15) is 20.1 Å². The summed E-state index contributed by atoms with van der Waals surface area (Å²) in [5.74, 6) is 3.35. The number of oxazole rings is 1. The molecule has 37 heteroatoms. The Morgan fingerprint density at radius 2 is 0.944 bits per heavy atom. The van der Waals surface area contributed by atoms with E-state index in [0.717, 1.165) is 39.4 Å². The Morgan fingerprint density at radius 1 is 0.448 bits per heavy atom. The molecule has 19 aromatic rings. The van der Waals surface area contributed by atoms with Gasteiger partial charge in [0.25, 0.3) is 23.6 Å². The first-order chi connectivity index (χ1) is 60.9. The van der Waals surface area contributed by atoms with Crippen LogP contribution in [0.2, 0.25) is 0 Å². The van der Waals surface area contributed by atoms with Crippen LogP contribution in [0.15, 0.2) is 300 Å². The minimum Gasteiger partial charge on any atom is -0.451 e. The lowest BCUT2D eigenvalue weighted by molar-refractivity contribution is -0.116. The number of carbonyl (C=O) groups is 5. The van der Waals surface area contributed by atoms with Gasteiger partial charge in [-0.3, -0.25) is 80.1 Å². The highest BCUT2D eigenvalue weighted by Crippen LogP contribution is 2.28. The van der Waals surface area contributed by atoms with Crippen molar-refractivity contribution < 1.29 is 41.2 Å². The first-order valence-corrected chi connectivity index (χ1v) is 40.2. The second-order valence-electron chi connectivity index (χ2n) is 27.1. The largest absolute Gasteiger partial charge is 0.451 e. The molecular formula is C88H73N27O9S. The third kappa shape index (κ3) is 21.0. The summed E-state index contributed by atoms with van der Waals surface area (Å²) in [6.45, 7) is 5.81. The fourth-order valence-electron chi connectivity index (χ4n) is 12.3. The number of fused-ring (bicyclic) bond motifs is 2. The summed E-state index contributed by atoms with van der Waals surface area (Å²) >= 11 is 0. The molecular weight excluding hydrogens is 1610 g/mol. The van der Waals surface area contributed by atoms with E-state index in [1.54, 1.807) is 110 Å². The molecule has 0 radical (unpaired) electrons. The second kappa shape index (κ2) is 38.5. The topological polar surface area (TPSA) is 488 Å². The van der Waals surface area contributed by atoms with Crippen LogP contribution >= 0.6 is 0 Å². The number of hydrogen-bond donors (Lipinski definition) is 10. The highest BCUT2D eigenvalue weighted by Gasteiger charge is 2.24. The minimum absolute atomic E-state index is 0.135. The van der Waals surface area contributed by atoms with Crippen molar-refractivity contribution in [1.29, 1.82) is 0 Å². The van der Waals surface area contributed by atoms with E-state index in [0.29, 0.717) is 111 Å². The summed E-state index contributed by atoms with van der Waals surface area (Å²) in [6, 6.07) is 70.2. The number of imidazole rings is 2. The summed E-state index contributed by atoms with van der Waals surface area (Å²) in [4.78, 5) is 114. The van der Waals surface area contributed by atoms with Crippen LogP contribution in [0.4, 0.5) is 29.5 Å². The van der Waals surface area contributed by atoms with Gasteiger partial charge in [0.05, 0.1) is 23.0 Å².